The Kier molecular flexibility index (Phi) is 3.80. The quantitative estimate of drug-likeness (QED) is 0.591. The van der Waals surface area contributed by atoms with Crippen LogP contribution in [0.1, 0.15) is 50.3 Å². The Morgan fingerprint density at radius 1 is 1.40 bits per heavy atom. The summed E-state index contributed by atoms with van der Waals surface area (Å²) >= 11 is 0. The molecule has 15 heavy (non-hydrogen) atoms. The van der Waals surface area contributed by atoms with Gasteiger partial charge in [-0.05, 0) is 24.5 Å². The van der Waals surface area contributed by atoms with Crippen molar-refractivity contribution in [2.75, 3.05) is 0 Å². The lowest BCUT2D eigenvalue weighted by Crippen LogP contribution is -2.29. The predicted octanol–water partition coefficient (Wildman–Crippen LogP) is 2.75. The van der Waals surface area contributed by atoms with E-state index in [0.717, 1.165) is 18.1 Å². The molecule has 1 heterocycles. The molecule has 0 bridgehead atoms. The molecule has 1 atom stereocenters. The average molecular weight is 208 g/mol. The van der Waals surface area contributed by atoms with Crippen molar-refractivity contribution in [1.29, 1.82) is 0 Å². The van der Waals surface area contributed by atoms with E-state index in [1.54, 1.807) is 6.26 Å². The van der Waals surface area contributed by atoms with Gasteiger partial charge in [0.25, 0.3) is 0 Å². The largest absolute Gasteiger partial charge is 0.468 e. The van der Waals surface area contributed by atoms with Gasteiger partial charge in [-0.3, -0.25) is 5.84 Å². The van der Waals surface area contributed by atoms with Crippen molar-refractivity contribution in [3.8, 4) is 0 Å². The molecule has 1 aliphatic rings. The molecule has 0 spiro atoms. The summed E-state index contributed by atoms with van der Waals surface area (Å²) in [6.07, 6.45) is 9.65. The van der Waals surface area contributed by atoms with Crippen LogP contribution >= 0.6 is 0 Å². The van der Waals surface area contributed by atoms with Gasteiger partial charge >= 0.3 is 0 Å². The SMILES string of the molecule is NNC(CC1CCCCC1)c1ccco1. The van der Waals surface area contributed by atoms with Gasteiger partial charge in [-0.2, -0.15) is 0 Å². The van der Waals surface area contributed by atoms with Gasteiger partial charge in [-0.15, -0.1) is 0 Å². The zero-order chi connectivity index (χ0) is 10.5. The predicted molar refractivity (Wildman–Crippen MR) is 60.0 cm³/mol. The lowest BCUT2D eigenvalue weighted by molar-refractivity contribution is 0.281. The summed E-state index contributed by atoms with van der Waals surface area (Å²) in [5.74, 6) is 7.34. The maximum atomic E-state index is 5.57. The van der Waals surface area contributed by atoms with Crippen molar-refractivity contribution in [3.05, 3.63) is 24.2 Å². The molecule has 1 saturated carbocycles. The number of nitrogens with one attached hydrogen (secondary N) is 1. The van der Waals surface area contributed by atoms with Crippen LogP contribution in [0.2, 0.25) is 0 Å². The minimum Gasteiger partial charge on any atom is -0.468 e. The third-order valence-electron chi connectivity index (χ3n) is 3.38. The van der Waals surface area contributed by atoms with Crippen LogP contribution in [0, 0.1) is 5.92 Å². The van der Waals surface area contributed by atoms with Gasteiger partial charge in [0.05, 0.1) is 12.3 Å². The zero-order valence-electron chi connectivity index (χ0n) is 9.11. The number of nitrogens with two attached hydrogens (primary N) is 1. The van der Waals surface area contributed by atoms with E-state index in [0.29, 0.717) is 0 Å². The molecule has 1 aromatic heterocycles. The highest BCUT2D eigenvalue weighted by Gasteiger charge is 2.20. The smallest absolute Gasteiger partial charge is 0.122 e. The highest BCUT2D eigenvalue weighted by Crippen LogP contribution is 2.31. The molecule has 3 N–H and O–H groups in total. The summed E-state index contributed by atoms with van der Waals surface area (Å²) in [7, 11) is 0. The Balaban J connectivity index is 1.90. The average Bonchev–Trinajstić information content (AvgIpc) is 2.81. The molecule has 0 saturated heterocycles. The summed E-state index contributed by atoms with van der Waals surface area (Å²) in [4.78, 5) is 0. The third-order valence-corrected chi connectivity index (χ3v) is 3.38. The fourth-order valence-electron chi connectivity index (χ4n) is 2.51. The van der Waals surface area contributed by atoms with Crippen molar-refractivity contribution in [2.45, 2.75) is 44.6 Å². The Hall–Kier alpha value is -0.800. The van der Waals surface area contributed by atoms with E-state index >= 15 is 0 Å². The second-order valence-corrected chi connectivity index (χ2v) is 4.47. The molecule has 0 aromatic carbocycles. The van der Waals surface area contributed by atoms with Gasteiger partial charge in [0.15, 0.2) is 0 Å². The van der Waals surface area contributed by atoms with Crippen molar-refractivity contribution in [2.24, 2.45) is 11.8 Å². The monoisotopic (exact) mass is 208 g/mol. The normalized spacial score (nSPS) is 20.3. The van der Waals surface area contributed by atoms with Crippen molar-refractivity contribution in [1.82, 2.24) is 5.43 Å². The summed E-state index contributed by atoms with van der Waals surface area (Å²) in [5.41, 5.74) is 2.86. The van der Waals surface area contributed by atoms with Gasteiger partial charge < -0.3 is 4.42 Å². The first-order chi connectivity index (χ1) is 7.40. The second kappa shape index (κ2) is 5.33. The number of hydrogen-bond acceptors (Lipinski definition) is 3. The van der Waals surface area contributed by atoms with Crippen LogP contribution in [0.4, 0.5) is 0 Å². The maximum absolute atomic E-state index is 5.57. The molecule has 84 valence electrons. The fraction of sp³-hybridized carbons (Fsp3) is 0.667. The minimum absolute atomic E-state index is 0.183. The first-order valence-electron chi connectivity index (χ1n) is 5.89. The molecule has 3 heteroatoms. The van der Waals surface area contributed by atoms with Crippen LogP contribution in [0.5, 0.6) is 0 Å². The van der Waals surface area contributed by atoms with E-state index in [2.05, 4.69) is 5.43 Å². The van der Waals surface area contributed by atoms with E-state index in [9.17, 15) is 0 Å². The lowest BCUT2D eigenvalue weighted by Gasteiger charge is -2.25. The second-order valence-electron chi connectivity index (χ2n) is 4.47. The molecule has 3 nitrogen and oxygen atoms in total. The first kappa shape index (κ1) is 10.7. The van der Waals surface area contributed by atoms with Crippen LogP contribution in [-0.2, 0) is 0 Å². The van der Waals surface area contributed by atoms with Crippen LogP contribution in [0.15, 0.2) is 22.8 Å². The van der Waals surface area contributed by atoms with E-state index in [1.807, 2.05) is 12.1 Å². The Labute approximate surface area is 91.0 Å². The van der Waals surface area contributed by atoms with Crippen molar-refractivity contribution < 1.29 is 4.42 Å². The summed E-state index contributed by atoms with van der Waals surface area (Å²) in [6, 6.07) is 4.09. The maximum Gasteiger partial charge on any atom is 0.122 e. The Morgan fingerprint density at radius 2 is 2.20 bits per heavy atom. The number of rotatable bonds is 4. The van der Waals surface area contributed by atoms with Gasteiger partial charge in [0.2, 0.25) is 0 Å². The molecule has 0 radical (unpaired) electrons. The molecule has 1 fully saturated rings. The minimum atomic E-state index is 0.183. The topological polar surface area (TPSA) is 51.2 Å². The third kappa shape index (κ3) is 2.83. The van der Waals surface area contributed by atoms with E-state index in [4.69, 9.17) is 10.3 Å². The van der Waals surface area contributed by atoms with Crippen LogP contribution in [0.3, 0.4) is 0 Å². The van der Waals surface area contributed by atoms with E-state index in [1.165, 1.54) is 32.1 Å². The molecular weight excluding hydrogens is 188 g/mol. The van der Waals surface area contributed by atoms with Crippen LogP contribution in [-0.4, -0.2) is 0 Å². The molecule has 2 rings (SSSR count). The first-order valence-corrected chi connectivity index (χ1v) is 5.89. The fourth-order valence-corrected chi connectivity index (χ4v) is 2.51. The van der Waals surface area contributed by atoms with Crippen molar-refractivity contribution in [3.63, 3.8) is 0 Å². The highest BCUT2D eigenvalue weighted by atomic mass is 16.3. The molecule has 1 unspecified atom stereocenters. The van der Waals surface area contributed by atoms with Gasteiger partial charge in [0.1, 0.15) is 5.76 Å². The number of furan rings is 1. The molecule has 1 aromatic rings. The number of hydrazine groups is 1. The molecule has 0 aliphatic heterocycles. The van der Waals surface area contributed by atoms with Gasteiger partial charge in [0, 0.05) is 0 Å². The summed E-state index contributed by atoms with van der Waals surface area (Å²) in [6.45, 7) is 0. The molecular formula is C12H20N2O. The zero-order valence-corrected chi connectivity index (χ0v) is 9.11. The van der Waals surface area contributed by atoms with E-state index in [-0.39, 0.29) is 6.04 Å². The van der Waals surface area contributed by atoms with E-state index < -0.39 is 0 Å². The molecule has 1 aliphatic carbocycles. The highest BCUT2D eigenvalue weighted by molar-refractivity contribution is 5.04. The van der Waals surface area contributed by atoms with Crippen LogP contribution in [0.25, 0.3) is 0 Å². The van der Waals surface area contributed by atoms with Gasteiger partial charge in [-0.25, -0.2) is 5.43 Å². The Morgan fingerprint density at radius 3 is 2.80 bits per heavy atom. The standard InChI is InChI=1S/C12H20N2O/c13-14-11(12-7-4-8-15-12)9-10-5-2-1-3-6-10/h4,7-8,10-11,14H,1-3,5-6,9,13H2. The lowest BCUT2D eigenvalue weighted by atomic mass is 9.84. The Bertz CT molecular complexity index is 265. The summed E-state index contributed by atoms with van der Waals surface area (Å²) in [5, 5.41) is 0. The number of hydrogen-bond donors (Lipinski definition) is 2. The van der Waals surface area contributed by atoms with Gasteiger partial charge in [-0.1, -0.05) is 32.1 Å². The summed E-state index contributed by atoms with van der Waals surface area (Å²) < 4.78 is 5.39. The van der Waals surface area contributed by atoms with Crippen molar-refractivity contribution >= 4 is 0 Å². The molecule has 0 amide bonds. The van der Waals surface area contributed by atoms with Crippen LogP contribution < -0.4 is 11.3 Å².